The number of esters is 1. The molecule has 2 rings (SSSR count). The molecule has 0 saturated heterocycles. The van der Waals surface area contributed by atoms with E-state index in [1.807, 2.05) is 14.0 Å². The lowest BCUT2D eigenvalue weighted by molar-refractivity contribution is -0.153. The molecule has 116 valence electrons. The molecular weight excluding hydrogens is 252 g/mol. The summed E-state index contributed by atoms with van der Waals surface area (Å²) in [5.74, 6) is 1.19. The van der Waals surface area contributed by atoms with Gasteiger partial charge in [-0.25, -0.2) is 4.79 Å². The average Bonchev–Trinajstić information content (AvgIpc) is 3.16. The highest BCUT2D eigenvalue weighted by Crippen LogP contribution is 2.41. The van der Waals surface area contributed by atoms with Crippen LogP contribution in [0.1, 0.15) is 45.4 Å². The van der Waals surface area contributed by atoms with Crippen LogP contribution in [-0.2, 0) is 9.53 Å². The molecule has 0 aromatic rings. The molecule has 2 saturated carbocycles. The van der Waals surface area contributed by atoms with Gasteiger partial charge in [-0.15, -0.1) is 0 Å². The van der Waals surface area contributed by atoms with Gasteiger partial charge in [0.1, 0.15) is 5.54 Å². The second kappa shape index (κ2) is 6.90. The van der Waals surface area contributed by atoms with Crippen molar-refractivity contribution in [1.82, 2.24) is 10.2 Å². The summed E-state index contributed by atoms with van der Waals surface area (Å²) >= 11 is 0. The van der Waals surface area contributed by atoms with E-state index < -0.39 is 5.54 Å². The predicted molar refractivity (Wildman–Crippen MR) is 80.6 cm³/mol. The van der Waals surface area contributed by atoms with Gasteiger partial charge in [0.2, 0.25) is 0 Å². The van der Waals surface area contributed by atoms with E-state index in [1.54, 1.807) is 0 Å². The topological polar surface area (TPSA) is 41.6 Å². The summed E-state index contributed by atoms with van der Waals surface area (Å²) in [6.45, 7) is 4.22. The fraction of sp³-hybridized carbons (Fsp3) is 0.938. The van der Waals surface area contributed by atoms with Gasteiger partial charge >= 0.3 is 5.97 Å². The third-order valence-corrected chi connectivity index (χ3v) is 4.92. The zero-order valence-electron chi connectivity index (χ0n) is 13.3. The molecule has 2 aliphatic carbocycles. The molecule has 0 heterocycles. The van der Waals surface area contributed by atoms with Gasteiger partial charge in [0.15, 0.2) is 0 Å². The Morgan fingerprint density at radius 2 is 1.95 bits per heavy atom. The maximum atomic E-state index is 12.4. The van der Waals surface area contributed by atoms with Gasteiger partial charge in [0, 0.05) is 13.1 Å². The highest BCUT2D eigenvalue weighted by Gasteiger charge is 2.51. The average molecular weight is 282 g/mol. The van der Waals surface area contributed by atoms with E-state index in [2.05, 4.69) is 17.3 Å². The van der Waals surface area contributed by atoms with Crippen LogP contribution in [0.15, 0.2) is 0 Å². The number of rotatable bonds is 8. The van der Waals surface area contributed by atoms with Crippen molar-refractivity contribution in [3.63, 3.8) is 0 Å². The number of hydrogen-bond donors (Lipinski definition) is 1. The van der Waals surface area contributed by atoms with Crippen molar-refractivity contribution in [3.8, 4) is 0 Å². The maximum Gasteiger partial charge on any atom is 0.327 e. The first-order chi connectivity index (χ1) is 9.62. The van der Waals surface area contributed by atoms with E-state index in [0.29, 0.717) is 12.5 Å². The smallest absolute Gasteiger partial charge is 0.327 e. The number of ether oxygens (including phenoxy) is 1. The molecule has 0 aromatic carbocycles. The molecule has 0 amide bonds. The molecule has 0 radical (unpaired) electrons. The Labute approximate surface area is 123 Å². The van der Waals surface area contributed by atoms with Crippen LogP contribution in [0.25, 0.3) is 0 Å². The van der Waals surface area contributed by atoms with Gasteiger partial charge in [-0.3, -0.25) is 0 Å². The Morgan fingerprint density at radius 1 is 1.30 bits per heavy atom. The molecule has 0 aliphatic heterocycles. The molecule has 1 unspecified atom stereocenters. The van der Waals surface area contributed by atoms with Crippen molar-refractivity contribution >= 4 is 5.97 Å². The van der Waals surface area contributed by atoms with Crippen LogP contribution in [0.4, 0.5) is 0 Å². The molecule has 0 spiro atoms. The van der Waals surface area contributed by atoms with Crippen LogP contribution in [0.2, 0.25) is 0 Å². The van der Waals surface area contributed by atoms with Gasteiger partial charge in [-0.2, -0.15) is 0 Å². The van der Waals surface area contributed by atoms with Crippen LogP contribution in [0, 0.1) is 11.8 Å². The molecular formula is C16H30N2O2. The van der Waals surface area contributed by atoms with Crippen LogP contribution < -0.4 is 5.32 Å². The third-order valence-electron chi connectivity index (χ3n) is 4.92. The normalized spacial score (nSPS) is 23.0. The van der Waals surface area contributed by atoms with E-state index >= 15 is 0 Å². The molecule has 1 atom stereocenters. The van der Waals surface area contributed by atoms with Crippen molar-refractivity contribution in [2.24, 2.45) is 11.8 Å². The number of carbonyl (C=O) groups excluding carboxylic acids is 1. The molecule has 1 N–H and O–H groups in total. The van der Waals surface area contributed by atoms with Crippen LogP contribution >= 0.6 is 0 Å². The second-order valence-corrected chi connectivity index (χ2v) is 6.56. The highest BCUT2D eigenvalue weighted by molar-refractivity contribution is 5.82. The molecule has 0 aromatic heterocycles. The Balaban J connectivity index is 1.97. The number of carbonyl (C=O) groups is 1. The van der Waals surface area contributed by atoms with Crippen LogP contribution in [-0.4, -0.2) is 50.2 Å². The summed E-state index contributed by atoms with van der Waals surface area (Å²) in [5, 5.41) is 3.30. The molecule has 2 fully saturated rings. The first kappa shape index (κ1) is 15.8. The second-order valence-electron chi connectivity index (χ2n) is 6.56. The summed E-state index contributed by atoms with van der Waals surface area (Å²) in [5.41, 5.74) is -0.497. The van der Waals surface area contributed by atoms with Gasteiger partial charge in [0.25, 0.3) is 0 Å². The van der Waals surface area contributed by atoms with E-state index in [0.717, 1.165) is 31.8 Å². The maximum absolute atomic E-state index is 12.4. The summed E-state index contributed by atoms with van der Waals surface area (Å²) in [4.78, 5) is 14.8. The molecule has 4 heteroatoms. The number of hydrogen-bond acceptors (Lipinski definition) is 4. The largest absolute Gasteiger partial charge is 0.465 e. The monoisotopic (exact) mass is 282 g/mol. The quantitative estimate of drug-likeness (QED) is 0.692. The van der Waals surface area contributed by atoms with E-state index in [1.165, 1.54) is 25.7 Å². The Hall–Kier alpha value is -0.610. The first-order valence-corrected chi connectivity index (χ1v) is 8.17. The first-order valence-electron chi connectivity index (χ1n) is 8.17. The minimum Gasteiger partial charge on any atom is -0.465 e. The Bertz CT molecular complexity index is 324. The number of nitrogens with one attached hydrogen (secondary N) is 1. The van der Waals surface area contributed by atoms with E-state index in [-0.39, 0.29) is 5.97 Å². The van der Waals surface area contributed by atoms with Crippen molar-refractivity contribution in [2.75, 3.05) is 33.8 Å². The molecule has 2 aliphatic rings. The lowest BCUT2D eigenvalue weighted by Crippen LogP contribution is -2.60. The zero-order valence-corrected chi connectivity index (χ0v) is 13.3. The third kappa shape index (κ3) is 3.53. The van der Waals surface area contributed by atoms with Gasteiger partial charge in [-0.1, -0.05) is 12.8 Å². The van der Waals surface area contributed by atoms with Crippen LogP contribution in [0.5, 0.6) is 0 Å². The summed E-state index contributed by atoms with van der Waals surface area (Å²) in [6.07, 6.45) is 7.71. The standard InChI is InChI=1S/C16H30N2O2/c1-4-20-15(19)16(17-2,14-9-10-14)12-18(3)11-13-7-5-6-8-13/h13-14,17H,4-12H2,1-3H3. The predicted octanol–water partition coefficient (Wildman–Crippen LogP) is 2.04. The molecule has 20 heavy (non-hydrogen) atoms. The van der Waals surface area contributed by atoms with Crippen molar-refractivity contribution in [1.29, 1.82) is 0 Å². The van der Waals surface area contributed by atoms with Crippen molar-refractivity contribution in [3.05, 3.63) is 0 Å². The fourth-order valence-electron chi connectivity index (χ4n) is 3.71. The van der Waals surface area contributed by atoms with Crippen molar-refractivity contribution in [2.45, 2.75) is 51.0 Å². The summed E-state index contributed by atoms with van der Waals surface area (Å²) in [7, 11) is 4.05. The number of nitrogens with zero attached hydrogens (tertiary/aromatic N) is 1. The van der Waals surface area contributed by atoms with E-state index in [4.69, 9.17) is 4.74 Å². The van der Waals surface area contributed by atoms with E-state index in [9.17, 15) is 4.79 Å². The Kier molecular flexibility index (Phi) is 5.44. The summed E-state index contributed by atoms with van der Waals surface area (Å²) < 4.78 is 5.34. The van der Waals surface area contributed by atoms with Crippen molar-refractivity contribution < 1.29 is 9.53 Å². The lowest BCUT2D eigenvalue weighted by atomic mass is 9.92. The van der Waals surface area contributed by atoms with Gasteiger partial charge in [0.05, 0.1) is 6.61 Å². The number of likely N-dealkylation sites (N-methyl/N-ethyl adjacent to an activating group) is 2. The SMILES string of the molecule is CCOC(=O)C(CN(C)CC1CCCC1)(NC)C1CC1. The zero-order chi connectivity index (χ0) is 14.6. The molecule has 0 bridgehead atoms. The highest BCUT2D eigenvalue weighted by atomic mass is 16.5. The summed E-state index contributed by atoms with van der Waals surface area (Å²) in [6, 6.07) is 0. The molecule has 4 nitrogen and oxygen atoms in total. The minimum atomic E-state index is -0.497. The minimum absolute atomic E-state index is 0.0664. The van der Waals surface area contributed by atoms with Crippen LogP contribution in [0.3, 0.4) is 0 Å². The van der Waals surface area contributed by atoms with Gasteiger partial charge < -0.3 is 15.0 Å². The lowest BCUT2D eigenvalue weighted by Gasteiger charge is -2.36. The van der Waals surface area contributed by atoms with Gasteiger partial charge in [-0.05, 0) is 58.5 Å². The Morgan fingerprint density at radius 3 is 2.45 bits per heavy atom. The fourth-order valence-corrected chi connectivity index (χ4v) is 3.71.